The molecule has 0 bridgehead atoms. The van der Waals surface area contributed by atoms with E-state index in [4.69, 9.17) is 0 Å². The van der Waals surface area contributed by atoms with Crippen molar-refractivity contribution in [1.82, 2.24) is 0 Å². The summed E-state index contributed by atoms with van der Waals surface area (Å²) >= 11 is 0. The first-order valence-electron chi connectivity index (χ1n) is 3.87. The molecule has 0 aliphatic heterocycles. The maximum absolute atomic E-state index is 2.22. The summed E-state index contributed by atoms with van der Waals surface area (Å²) in [6, 6.07) is 10.4. The Labute approximate surface area is 66.9 Å². The summed E-state index contributed by atoms with van der Waals surface area (Å²) in [5.41, 5.74) is 2.73. The van der Waals surface area contributed by atoms with Crippen molar-refractivity contribution in [3.63, 3.8) is 0 Å². The summed E-state index contributed by atoms with van der Waals surface area (Å²) in [7, 11) is 0. The van der Waals surface area contributed by atoms with Crippen LogP contribution in [0, 0.1) is 0 Å². The van der Waals surface area contributed by atoms with Gasteiger partial charge in [-0.05, 0) is 17.6 Å². The lowest BCUT2D eigenvalue weighted by Crippen LogP contribution is -1.85. The minimum atomic E-state index is 1.13. The van der Waals surface area contributed by atoms with Gasteiger partial charge in [0.2, 0.25) is 0 Å². The molecule has 1 aliphatic carbocycles. The fraction of sp³-hybridized carbons (Fsp3) is 0.0909. The van der Waals surface area contributed by atoms with Gasteiger partial charge in [0.1, 0.15) is 0 Å². The zero-order valence-electron chi connectivity index (χ0n) is 6.33. The monoisotopic (exact) mass is 142 g/mol. The average molecular weight is 142 g/mol. The maximum Gasteiger partial charge on any atom is -0.00941 e. The molecule has 0 aromatic heterocycles. The lowest BCUT2D eigenvalue weighted by Gasteiger charge is -2.05. The van der Waals surface area contributed by atoms with E-state index in [-0.39, 0.29) is 0 Å². The molecule has 1 aliphatic rings. The van der Waals surface area contributed by atoms with Crippen LogP contribution >= 0.6 is 0 Å². The summed E-state index contributed by atoms with van der Waals surface area (Å²) in [6.07, 6.45) is 7.69. The topological polar surface area (TPSA) is 0 Å². The SMILES string of the molecule is C1=C/C(=C\c2ccccc2)C1. The van der Waals surface area contributed by atoms with Crippen LogP contribution in [0.1, 0.15) is 12.0 Å². The molecule has 0 N–H and O–H groups in total. The third-order valence-corrected chi connectivity index (χ3v) is 1.84. The molecule has 0 fully saturated rings. The molecule has 0 atom stereocenters. The van der Waals surface area contributed by atoms with Crippen LogP contribution < -0.4 is 0 Å². The van der Waals surface area contributed by atoms with E-state index < -0.39 is 0 Å². The molecule has 0 unspecified atom stereocenters. The number of benzene rings is 1. The molecular formula is C11H10. The highest BCUT2D eigenvalue weighted by Crippen LogP contribution is 2.18. The summed E-state index contributed by atoms with van der Waals surface area (Å²) in [5.74, 6) is 0. The first kappa shape index (κ1) is 6.41. The van der Waals surface area contributed by atoms with Crippen LogP contribution in [-0.4, -0.2) is 0 Å². The highest BCUT2D eigenvalue weighted by atomic mass is 14.0. The predicted molar refractivity (Wildman–Crippen MR) is 48.2 cm³/mol. The van der Waals surface area contributed by atoms with Gasteiger partial charge in [-0.15, -0.1) is 0 Å². The fourth-order valence-electron chi connectivity index (χ4n) is 1.12. The van der Waals surface area contributed by atoms with E-state index in [0.29, 0.717) is 0 Å². The van der Waals surface area contributed by atoms with Gasteiger partial charge in [-0.3, -0.25) is 0 Å². The minimum Gasteiger partial charge on any atom is -0.0798 e. The Morgan fingerprint density at radius 2 is 1.82 bits per heavy atom. The van der Waals surface area contributed by atoms with Crippen molar-refractivity contribution in [2.24, 2.45) is 0 Å². The Morgan fingerprint density at radius 1 is 1.09 bits per heavy atom. The Morgan fingerprint density at radius 3 is 2.36 bits per heavy atom. The van der Waals surface area contributed by atoms with Crippen LogP contribution in [0.2, 0.25) is 0 Å². The first-order chi connectivity index (χ1) is 5.45. The summed E-state index contributed by atoms with van der Waals surface area (Å²) in [6.45, 7) is 0. The van der Waals surface area contributed by atoms with Crippen molar-refractivity contribution in [3.05, 3.63) is 53.6 Å². The molecule has 0 amide bonds. The van der Waals surface area contributed by atoms with Gasteiger partial charge >= 0.3 is 0 Å². The van der Waals surface area contributed by atoms with Crippen molar-refractivity contribution in [2.75, 3.05) is 0 Å². The van der Waals surface area contributed by atoms with Gasteiger partial charge in [0.25, 0.3) is 0 Å². The lowest BCUT2D eigenvalue weighted by atomic mass is 10.0. The number of hydrogen-bond donors (Lipinski definition) is 0. The van der Waals surface area contributed by atoms with E-state index in [1.165, 1.54) is 11.1 Å². The molecule has 0 spiro atoms. The zero-order chi connectivity index (χ0) is 7.52. The van der Waals surface area contributed by atoms with Crippen LogP contribution in [-0.2, 0) is 0 Å². The summed E-state index contributed by atoms with van der Waals surface area (Å²) in [5, 5.41) is 0. The standard InChI is InChI=1S/C11H10/c1-2-5-10(6-3-1)9-11-7-4-8-11/h1-7,9H,8H2/b11-9+. The lowest BCUT2D eigenvalue weighted by molar-refractivity contribution is 1.21. The predicted octanol–water partition coefficient (Wildman–Crippen LogP) is 3.03. The van der Waals surface area contributed by atoms with Crippen LogP contribution in [0.25, 0.3) is 6.08 Å². The Hall–Kier alpha value is -1.30. The molecule has 2 rings (SSSR count). The van der Waals surface area contributed by atoms with Gasteiger partial charge in [-0.1, -0.05) is 48.6 Å². The van der Waals surface area contributed by atoms with Crippen LogP contribution in [0.15, 0.2) is 48.1 Å². The van der Waals surface area contributed by atoms with E-state index in [9.17, 15) is 0 Å². The molecular weight excluding hydrogens is 132 g/mol. The zero-order valence-corrected chi connectivity index (χ0v) is 6.33. The Balaban J connectivity index is 2.25. The fourth-order valence-corrected chi connectivity index (χ4v) is 1.12. The van der Waals surface area contributed by atoms with Gasteiger partial charge in [0.15, 0.2) is 0 Å². The molecule has 0 radical (unpaired) electrons. The second-order valence-corrected chi connectivity index (χ2v) is 2.74. The molecule has 0 saturated heterocycles. The highest BCUT2D eigenvalue weighted by Gasteiger charge is 1.97. The van der Waals surface area contributed by atoms with Crippen molar-refractivity contribution >= 4 is 6.08 Å². The van der Waals surface area contributed by atoms with E-state index in [1.807, 2.05) is 6.07 Å². The summed E-state index contributed by atoms with van der Waals surface area (Å²) in [4.78, 5) is 0. The molecule has 0 saturated carbocycles. The van der Waals surface area contributed by atoms with Crippen molar-refractivity contribution in [2.45, 2.75) is 6.42 Å². The Bertz CT molecular complexity index is 291. The number of rotatable bonds is 1. The van der Waals surface area contributed by atoms with Gasteiger partial charge in [0, 0.05) is 0 Å². The molecule has 1 aromatic rings. The number of allylic oxidation sites excluding steroid dienone is 3. The first-order valence-corrected chi connectivity index (χ1v) is 3.87. The second-order valence-electron chi connectivity index (χ2n) is 2.74. The molecule has 54 valence electrons. The summed E-state index contributed by atoms with van der Waals surface area (Å²) < 4.78 is 0. The van der Waals surface area contributed by atoms with Crippen LogP contribution in [0.4, 0.5) is 0 Å². The smallest absolute Gasteiger partial charge is 0.00941 e. The van der Waals surface area contributed by atoms with Gasteiger partial charge in [0.05, 0.1) is 0 Å². The van der Waals surface area contributed by atoms with Gasteiger partial charge < -0.3 is 0 Å². The third-order valence-electron chi connectivity index (χ3n) is 1.84. The van der Waals surface area contributed by atoms with Crippen molar-refractivity contribution in [3.8, 4) is 0 Å². The van der Waals surface area contributed by atoms with E-state index >= 15 is 0 Å². The quantitative estimate of drug-likeness (QED) is 0.565. The van der Waals surface area contributed by atoms with E-state index in [2.05, 4.69) is 42.5 Å². The molecule has 1 aromatic carbocycles. The normalized spacial score (nSPS) is 18.4. The third kappa shape index (κ3) is 1.40. The maximum atomic E-state index is 2.22. The van der Waals surface area contributed by atoms with Gasteiger partial charge in [-0.25, -0.2) is 0 Å². The molecule has 0 heteroatoms. The van der Waals surface area contributed by atoms with E-state index in [1.54, 1.807) is 0 Å². The van der Waals surface area contributed by atoms with Crippen LogP contribution in [0.3, 0.4) is 0 Å². The Kier molecular flexibility index (Phi) is 1.60. The number of hydrogen-bond acceptors (Lipinski definition) is 0. The van der Waals surface area contributed by atoms with Crippen molar-refractivity contribution < 1.29 is 0 Å². The van der Waals surface area contributed by atoms with E-state index in [0.717, 1.165) is 6.42 Å². The minimum absolute atomic E-state index is 1.13. The van der Waals surface area contributed by atoms with Crippen LogP contribution in [0.5, 0.6) is 0 Å². The average Bonchev–Trinajstić information content (AvgIpc) is 1.99. The largest absolute Gasteiger partial charge is 0.0798 e. The molecule has 11 heavy (non-hydrogen) atoms. The second kappa shape index (κ2) is 2.75. The van der Waals surface area contributed by atoms with Gasteiger partial charge in [-0.2, -0.15) is 0 Å². The molecule has 0 nitrogen and oxygen atoms in total. The highest BCUT2D eigenvalue weighted by molar-refractivity contribution is 5.58. The molecule has 0 heterocycles. The van der Waals surface area contributed by atoms with Crippen molar-refractivity contribution in [1.29, 1.82) is 0 Å².